The number of rotatable bonds is 2. The van der Waals surface area contributed by atoms with Crippen LogP contribution in [0.2, 0.25) is 0 Å². The van der Waals surface area contributed by atoms with Gasteiger partial charge in [0.05, 0.1) is 10.6 Å². The first-order valence-corrected chi connectivity index (χ1v) is 6.77. The summed E-state index contributed by atoms with van der Waals surface area (Å²) >= 11 is 9.81. The van der Waals surface area contributed by atoms with E-state index >= 15 is 0 Å². The predicted octanol–water partition coefficient (Wildman–Crippen LogP) is 4.78. The van der Waals surface area contributed by atoms with Gasteiger partial charge in [-0.2, -0.15) is 5.26 Å². The summed E-state index contributed by atoms with van der Waals surface area (Å²) in [5.74, 6) is 0. The molecule has 2 aromatic rings. The number of aryl methyl sites for hydroxylation is 1. The number of nitrogens with zero attached hydrogens (tertiary/aromatic N) is 2. The zero-order valence-corrected chi connectivity index (χ0v) is 12.5. The molecule has 1 aromatic carbocycles. The first-order valence-electron chi connectivity index (χ1n) is 5.60. The quantitative estimate of drug-likeness (QED) is 0.741. The van der Waals surface area contributed by atoms with E-state index in [1.54, 1.807) is 18.5 Å². The van der Waals surface area contributed by atoms with Crippen LogP contribution >= 0.6 is 27.5 Å². The lowest BCUT2D eigenvalue weighted by Gasteiger charge is -2.08. The highest BCUT2D eigenvalue weighted by molar-refractivity contribution is 9.10. The molecule has 0 amide bonds. The molecule has 0 aliphatic heterocycles. The Balaban J connectivity index is 2.62. The van der Waals surface area contributed by atoms with Gasteiger partial charge in [0.15, 0.2) is 0 Å². The van der Waals surface area contributed by atoms with Crippen LogP contribution in [0.3, 0.4) is 0 Å². The first kappa shape index (κ1) is 13.8. The van der Waals surface area contributed by atoms with Crippen LogP contribution in [0.4, 0.5) is 0 Å². The Labute approximate surface area is 125 Å². The third-order valence-corrected chi connectivity index (χ3v) is 3.60. The van der Waals surface area contributed by atoms with Gasteiger partial charge in [-0.3, -0.25) is 4.98 Å². The summed E-state index contributed by atoms with van der Waals surface area (Å²) < 4.78 is 0.926. The van der Waals surface area contributed by atoms with E-state index in [4.69, 9.17) is 11.6 Å². The van der Waals surface area contributed by atoms with Gasteiger partial charge in [-0.1, -0.05) is 39.7 Å². The summed E-state index contributed by atoms with van der Waals surface area (Å²) in [6, 6.07) is 11.6. The van der Waals surface area contributed by atoms with E-state index in [0.29, 0.717) is 10.6 Å². The maximum absolute atomic E-state index is 9.34. The molecule has 0 saturated heterocycles. The van der Waals surface area contributed by atoms with Crippen LogP contribution in [0.25, 0.3) is 10.6 Å². The number of allylic oxidation sites excluding steroid dienone is 1. The molecule has 0 unspecified atom stereocenters. The fourth-order valence-electron chi connectivity index (χ4n) is 1.72. The van der Waals surface area contributed by atoms with Crippen molar-refractivity contribution in [2.75, 3.05) is 0 Å². The lowest BCUT2D eigenvalue weighted by Crippen LogP contribution is -1.90. The van der Waals surface area contributed by atoms with Gasteiger partial charge in [0.2, 0.25) is 0 Å². The summed E-state index contributed by atoms with van der Waals surface area (Å²) in [5.41, 5.74) is 3.01. The summed E-state index contributed by atoms with van der Waals surface area (Å²) in [7, 11) is 0. The molecule has 0 aliphatic carbocycles. The van der Waals surface area contributed by atoms with Crippen molar-refractivity contribution >= 4 is 38.1 Å². The van der Waals surface area contributed by atoms with E-state index in [1.807, 2.05) is 31.2 Å². The third-order valence-electron chi connectivity index (χ3n) is 2.72. The van der Waals surface area contributed by atoms with E-state index in [0.717, 1.165) is 21.2 Å². The molecule has 0 radical (unpaired) electrons. The third kappa shape index (κ3) is 3.04. The van der Waals surface area contributed by atoms with Crippen molar-refractivity contribution < 1.29 is 0 Å². The van der Waals surface area contributed by atoms with Crippen LogP contribution in [0.15, 0.2) is 47.2 Å². The van der Waals surface area contributed by atoms with Gasteiger partial charge in [0.1, 0.15) is 6.07 Å². The summed E-state index contributed by atoms with van der Waals surface area (Å²) in [6.07, 6.45) is 3.30. The van der Waals surface area contributed by atoms with Crippen LogP contribution in [0, 0.1) is 18.3 Å². The van der Waals surface area contributed by atoms with Crippen molar-refractivity contribution in [1.29, 1.82) is 5.26 Å². The van der Waals surface area contributed by atoms with Crippen LogP contribution in [-0.4, -0.2) is 4.98 Å². The molecule has 0 bridgehead atoms. The number of halogens is 2. The monoisotopic (exact) mass is 332 g/mol. The maximum atomic E-state index is 9.34. The Bertz CT molecular complexity index is 672. The second kappa shape index (κ2) is 6.01. The van der Waals surface area contributed by atoms with Gasteiger partial charge >= 0.3 is 0 Å². The van der Waals surface area contributed by atoms with Crippen molar-refractivity contribution in [2.24, 2.45) is 0 Å². The molecule has 0 aliphatic rings. The van der Waals surface area contributed by atoms with Gasteiger partial charge in [-0.15, -0.1) is 0 Å². The highest BCUT2D eigenvalue weighted by Crippen LogP contribution is 2.32. The fraction of sp³-hybridized carbons (Fsp3) is 0.0667. The number of hydrogen-bond acceptors (Lipinski definition) is 2. The Morgan fingerprint density at radius 3 is 2.79 bits per heavy atom. The molecular weight excluding hydrogens is 324 g/mol. The van der Waals surface area contributed by atoms with Crippen LogP contribution in [0.1, 0.15) is 16.7 Å². The predicted molar refractivity (Wildman–Crippen MR) is 81.4 cm³/mol. The smallest absolute Gasteiger partial charge is 0.101 e. The minimum Gasteiger partial charge on any atom is -0.264 e. The highest BCUT2D eigenvalue weighted by atomic mass is 79.9. The molecule has 0 spiro atoms. The lowest BCUT2D eigenvalue weighted by atomic mass is 10.0. The molecule has 94 valence electrons. The topological polar surface area (TPSA) is 36.7 Å². The number of pyridine rings is 1. The van der Waals surface area contributed by atoms with E-state index in [-0.39, 0.29) is 0 Å². The maximum Gasteiger partial charge on any atom is 0.101 e. The van der Waals surface area contributed by atoms with Crippen molar-refractivity contribution in [3.05, 3.63) is 63.9 Å². The average molecular weight is 334 g/mol. The Morgan fingerprint density at radius 2 is 2.16 bits per heavy atom. The van der Waals surface area contributed by atoms with Gasteiger partial charge in [-0.05, 0) is 36.2 Å². The number of hydrogen-bond donors (Lipinski definition) is 0. The lowest BCUT2D eigenvalue weighted by molar-refractivity contribution is 1.31. The van der Waals surface area contributed by atoms with Crippen LogP contribution < -0.4 is 0 Å². The molecule has 4 heteroatoms. The van der Waals surface area contributed by atoms with Gasteiger partial charge in [-0.25, -0.2) is 0 Å². The highest BCUT2D eigenvalue weighted by Gasteiger charge is 2.12. The Hall–Kier alpha value is -1.63. The molecule has 0 N–H and O–H groups in total. The Morgan fingerprint density at radius 1 is 1.37 bits per heavy atom. The summed E-state index contributed by atoms with van der Waals surface area (Å²) in [4.78, 5) is 4.02. The zero-order valence-electron chi connectivity index (χ0n) is 10.2. The van der Waals surface area contributed by atoms with Crippen molar-refractivity contribution in [2.45, 2.75) is 6.92 Å². The van der Waals surface area contributed by atoms with E-state index in [9.17, 15) is 5.26 Å². The van der Waals surface area contributed by atoms with Gasteiger partial charge < -0.3 is 0 Å². The minimum atomic E-state index is 0.427. The van der Waals surface area contributed by atoms with Crippen molar-refractivity contribution in [3.63, 3.8) is 0 Å². The van der Waals surface area contributed by atoms with Crippen molar-refractivity contribution in [3.8, 4) is 6.07 Å². The normalized spacial score (nSPS) is 11.7. The summed E-state index contributed by atoms with van der Waals surface area (Å²) in [6.45, 7) is 1.96. The molecule has 19 heavy (non-hydrogen) atoms. The molecule has 0 fully saturated rings. The molecule has 1 aromatic heterocycles. The molecule has 2 nitrogen and oxygen atoms in total. The molecule has 1 heterocycles. The standard InChI is InChI=1S/C15H10BrClN2/c1-10-4-5-12(16)7-13(10)15(17)14(8-18)11-3-2-6-19-9-11/h2-7,9H,1H3/b15-14+. The van der Waals surface area contributed by atoms with Crippen LogP contribution in [-0.2, 0) is 0 Å². The molecule has 2 rings (SSSR count). The van der Waals surface area contributed by atoms with Crippen LogP contribution in [0.5, 0.6) is 0 Å². The second-order valence-corrected chi connectivity index (χ2v) is 5.30. The van der Waals surface area contributed by atoms with E-state index in [2.05, 4.69) is 27.0 Å². The fourth-order valence-corrected chi connectivity index (χ4v) is 2.43. The number of nitriles is 1. The van der Waals surface area contributed by atoms with E-state index in [1.165, 1.54) is 0 Å². The summed E-state index contributed by atoms with van der Waals surface area (Å²) in [5, 5.41) is 9.78. The average Bonchev–Trinajstić information content (AvgIpc) is 2.43. The second-order valence-electron chi connectivity index (χ2n) is 4.00. The van der Waals surface area contributed by atoms with Gasteiger partial charge in [0.25, 0.3) is 0 Å². The van der Waals surface area contributed by atoms with Crippen molar-refractivity contribution in [1.82, 2.24) is 4.98 Å². The minimum absolute atomic E-state index is 0.427. The van der Waals surface area contributed by atoms with E-state index < -0.39 is 0 Å². The molecular formula is C15H10BrClN2. The Kier molecular flexibility index (Phi) is 4.36. The number of benzene rings is 1. The number of aromatic nitrogens is 1. The van der Waals surface area contributed by atoms with Gasteiger partial charge in [0, 0.05) is 22.4 Å². The largest absolute Gasteiger partial charge is 0.264 e. The SMILES string of the molecule is Cc1ccc(Br)cc1/C(Cl)=C(/C#N)c1cccnc1. The molecule has 0 atom stereocenters. The molecule has 0 saturated carbocycles. The zero-order chi connectivity index (χ0) is 13.8. The first-order chi connectivity index (χ1) is 9.13.